The Bertz CT molecular complexity index is 1860. The van der Waals surface area contributed by atoms with E-state index in [2.05, 4.69) is 5.32 Å². The Labute approximate surface area is 259 Å². The molecule has 1 aliphatic heterocycles. The van der Waals surface area contributed by atoms with Gasteiger partial charge in [0.25, 0.3) is 0 Å². The minimum atomic E-state index is -2.86. The molecule has 1 aliphatic rings. The fourth-order valence-corrected chi connectivity index (χ4v) is 5.30. The summed E-state index contributed by atoms with van der Waals surface area (Å²) in [5, 5.41) is 12.3. The number of nitrogens with one attached hydrogen (secondary N) is 1. The third-order valence-electron chi connectivity index (χ3n) is 7.46. The van der Waals surface area contributed by atoms with Crippen molar-refractivity contribution in [3.63, 3.8) is 0 Å². The predicted octanol–water partition coefficient (Wildman–Crippen LogP) is 7.72. The van der Waals surface area contributed by atoms with Crippen LogP contribution in [0, 0.1) is 0 Å². The van der Waals surface area contributed by atoms with Gasteiger partial charge in [-0.25, -0.2) is 4.79 Å². The Balaban J connectivity index is 1.47. The zero-order valence-corrected chi connectivity index (χ0v) is 24.2. The molecule has 10 heteroatoms. The number of benzene rings is 4. The third-order valence-corrected chi connectivity index (χ3v) is 7.46. The van der Waals surface area contributed by atoms with E-state index < -0.39 is 20.0 Å². The van der Waals surface area contributed by atoms with Gasteiger partial charge in [0.05, 0.1) is 13.2 Å². The van der Waals surface area contributed by atoms with Crippen LogP contribution >= 0.6 is 0 Å². The highest BCUT2D eigenvalue weighted by molar-refractivity contribution is 6.43. The van der Waals surface area contributed by atoms with Gasteiger partial charge in [-0.2, -0.15) is 0 Å². The standard InChI is InChI=1S/C35H28BF2N3O4/c1-44-27-16-12-24(13-17-27)30-21-32(26-10-6-3-7-11-26)41(36(37)38)35(30)40-34-29(20-31(39-34)25-8-4-2-5-9-25)23-14-18-28(19-15-23)45-22-33(42)43/h2-21,31H,22H2,1H3,(H,39,40)(H,42,43). The van der Waals surface area contributed by atoms with Crippen LogP contribution in [0.25, 0.3) is 28.0 Å². The Kier molecular flexibility index (Phi) is 8.46. The molecule has 0 bridgehead atoms. The zero-order valence-electron chi connectivity index (χ0n) is 24.2. The van der Waals surface area contributed by atoms with Gasteiger partial charge < -0.3 is 24.4 Å². The summed E-state index contributed by atoms with van der Waals surface area (Å²) < 4.78 is 41.7. The van der Waals surface area contributed by atoms with Gasteiger partial charge in [0.2, 0.25) is 0 Å². The van der Waals surface area contributed by atoms with Crippen LogP contribution < -0.4 is 14.8 Å². The summed E-state index contributed by atoms with van der Waals surface area (Å²) in [7, 11) is -1.29. The number of ether oxygens (including phenoxy) is 2. The van der Waals surface area contributed by atoms with Crippen LogP contribution in [0.4, 0.5) is 14.4 Å². The Morgan fingerprint density at radius 1 is 0.867 bits per heavy atom. The van der Waals surface area contributed by atoms with E-state index in [4.69, 9.17) is 19.6 Å². The first-order valence-electron chi connectivity index (χ1n) is 14.2. The van der Waals surface area contributed by atoms with E-state index in [1.807, 2.05) is 66.7 Å². The number of aliphatic carboxylic acids is 1. The molecule has 7 nitrogen and oxygen atoms in total. The number of methoxy groups -OCH3 is 1. The zero-order chi connectivity index (χ0) is 31.3. The first kappa shape index (κ1) is 29.4. The fraction of sp³-hybridized carbons (Fsp3) is 0.0857. The second-order valence-corrected chi connectivity index (χ2v) is 10.3. The molecule has 0 aliphatic carbocycles. The maximum atomic E-state index is 15.0. The molecule has 4 aromatic carbocycles. The Hall–Kier alpha value is -5.64. The second kappa shape index (κ2) is 12.9. The molecule has 0 saturated carbocycles. The van der Waals surface area contributed by atoms with E-state index in [0.717, 1.165) is 21.2 Å². The number of nitrogens with zero attached hydrogens (tertiary/aromatic N) is 2. The second-order valence-electron chi connectivity index (χ2n) is 10.3. The lowest BCUT2D eigenvalue weighted by Crippen LogP contribution is -2.21. The first-order valence-corrected chi connectivity index (χ1v) is 14.2. The van der Waals surface area contributed by atoms with Gasteiger partial charge in [0, 0.05) is 16.8 Å². The molecule has 2 heterocycles. The number of carboxylic acid groups (broad SMARTS) is 1. The van der Waals surface area contributed by atoms with Crippen molar-refractivity contribution in [2.24, 2.45) is 4.99 Å². The number of aliphatic imine (C=N–C) groups is 1. The quantitative estimate of drug-likeness (QED) is 0.160. The number of anilines is 1. The summed E-state index contributed by atoms with van der Waals surface area (Å²) in [5.41, 5.74) is 4.69. The van der Waals surface area contributed by atoms with E-state index in [0.29, 0.717) is 39.7 Å². The van der Waals surface area contributed by atoms with Gasteiger partial charge in [-0.1, -0.05) is 84.9 Å². The number of rotatable bonds is 10. The number of aromatic nitrogens is 1. The SMILES string of the molecule is COc1ccc(-c2cc(-c3ccccc3)n(B(F)F)c2NC2=NC(c3ccccc3)C=C2c2ccc(OCC(=O)O)cc2)cc1. The van der Waals surface area contributed by atoms with Crippen molar-refractivity contribution in [3.8, 4) is 33.9 Å². The van der Waals surface area contributed by atoms with Gasteiger partial charge in [-0.15, -0.1) is 0 Å². The number of amidine groups is 1. The van der Waals surface area contributed by atoms with Crippen molar-refractivity contribution in [2.45, 2.75) is 6.04 Å². The summed E-state index contributed by atoms with van der Waals surface area (Å²) in [4.78, 5) is 15.9. The number of halogens is 2. The highest BCUT2D eigenvalue weighted by Gasteiger charge is 2.31. The van der Waals surface area contributed by atoms with E-state index in [-0.39, 0.29) is 11.9 Å². The predicted molar refractivity (Wildman–Crippen MR) is 173 cm³/mol. The molecule has 0 amide bonds. The van der Waals surface area contributed by atoms with E-state index in [9.17, 15) is 4.79 Å². The average Bonchev–Trinajstić information content (AvgIpc) is 3.67. The highest BCUT2D eigenvalue weighted by atomic mass is 19.2. The molecule has 1 atom stereocenters. The van der Waals surface area contributed by atoms with Crippen molar-refractivity contribution >= 4 is 30.6 Å². The molecule has 1 aromatic heterocycles. The monoisotopic (exact) mass is 603 g/mol. The maximum Gasteiger partial charge on any atom is 0.679 e. The minimum Gasteiger partial charge on any atom is -0.497 e. The molecule has 6 rings (SSSR count). The maximum absolute atomic E-state index is 15.0. The van der Waals surface area contributed by atoms with Crippen LogP contribution in [0.1, 0.15) is 17.2 Å². The highest BCUT2D eigenvalue weighted by Crippen LogP contribution is 2.40. The fourth-order valence-electron chi connectivity index (χ4n) is 5.30. The molecule has 0 saturated heterocycles. The van der Waals surface area contributed by atoms with Crippen LogP contribution in [-0.2, 0) is 4.79 Å². The smallest absolute Gasteiger partial charge is 0.497 e. The van der Waals surface area contributed by atoms with Crippen LogP contribution in [0.2, 0.25) is 0 Å². The molecular formula is C35H28BF2N3O4. The van der Waals surface area contributed by atoms with Crippen molar-refractivity contribution in [1.82, 2.24) is 4.48 Å². The number of carbonyl (C=O) groups is 1. The molecular weight excluding hydrogens is 575 g/mol. The van der Waals surface area contributed by atoms with Gasteiger partial charge in [-0.3, -0.25) is 13.6 Å². The summed E-state index contributed by atoms with van der Waals surface area (Å²) in [6, 6.07) is 34.3. The summed E-state index contributed by atoms with van der Waals surface area (Å²) in [6.07, 6.45) is 1.98. The summed E-state index contributed by atoms with van der Waals surface area (Å²) in [5.74, 6) is 0.570. The van der Waals surface area contributed by atoms with Crippen LogP contribution in [0.3, 0.4) is 0 Å². The van der Waals surface area contributed by atoms with Crippen molar-refractivity contribution < 1.29 is 28.0 Å². The molecule has 0 fully saturated rings. The summed E-state index contributed by atoms with van der Waals surface area (Å²) in [6.45, 7) is -0.463. The Morgan fingerprint density at radius 3 is 2.11 bits per heavy atom. The normalized spacial score (nSPS) is 14.0. The first-order chi connectivity index (χ1) is 21.9. The van der Waals surface area contributed by atoms with Crippen molar-refractivity contribution in [2.75, 3.05) is 19.0 Å². The lowest BCUT2D eigenvalue weighted by atomic mass is 10.0. The van der Waals surface area contributed by atoms with Gasteiger partial charge in [0.15, 0.2) is 6.61 Å². The molecule has 45 heavy (non-hydrogen) atoms. The molecule has 5 aromatic rings. The van der Waals surface area contributed by atoms with Crippen LogP contribution in [0.15, 0.2) is 126 Å². The topological polar surface area (TPSA) is 85.1 Å². The van der Waals surface area contributed by atoms with Crippen molar-refractivity contribution in [1.29, 1.82) is 0 Å². The molecule has 0 spiro atoms. The van der Waals surface area contributed by atoms with E-state index in [1.165, 1.54) is 0 Å². The Morgan fingerprint density at radius 2 is 1.49 bits per heavy atom. The van der Waals surface area contributed by atoms with Gasteiger partial charge in [0.1, 0.15) is 23.2 Å². The average molecular weight is 603 g/mol. The molecule has 1 unspecified atom stereocenters. The molecule has 224 valence electrons. The minimum absolute atomic E-state index is 0.189. The van der Waals surface area contributed by atoms with Gasteiger partial charge in [-0.05, 0) is 58.7 Å². The summed E-state index contributed by atoms with van der Waals surface area (Å²) >= 11 is 0. The molecule has 0 radical (unpaired) electrons. The van der Waals surface area contributed by atoms with Crippen LogP contribution in [-0.4, -0.2) is 42.5 Å². The van der Waals surface area contributed by atoms with Crippen molar-refractivity contribution in [3.05, 3.63) is 132 Å². The van der Waals surface area contributed by atoms with Crippen LogP contribution in [0.5, 0.6) is 11.5 Å². The largest absolute Gasteiger partial charge is 0.679 e. The number of carboxylic acids is 1. The third kappa shape index (κ3) is 6.35. The van der Waals surface area contributed by atoms with E-state index in [1.54, 1.807) is 61.7 Å². The lowest BCUT2D eigenvalue weighted by Gasteiger charge is -2.16. The molecule has 2 N–H and O–H groups in total. The van der Waals surface area contributed by atoms with Gasteiger partial charge >= 0.3 is 13.4 Å². The lowest BCUT2D eigenvalue weighted by molar-refractivity contribution is -0.139. The number of hydrogen-bond acceptors (Lipinski definition) is 5. The number of hydrogen-bond donors (Lipinski definition) is 2. The van der Waals surface area contributed by atoms with E-state index >= 15 is 8.63 Å².